The molecule has 112 valence electrons. The third-order valence-corrected chi connectivity index (χ3v) is 3.98. The van der Waals surface area contributed by atoms with Crippen molar-refractivity contribution < 1.29 is 4.74 Å². The molecule has 0 spiro atoms. The second-order valence-electron chi connectivity index (χ2n) is 5.45. The number of fused-ring (bicyclic) bond motifs is 1. The van der Waals surface area contributed by atoms with E-state index in [2.05, 4.69) is 21.4 Å². The summed E-state index contributed by atoms with van der Waals surface area (Å²) in [4.78, 5) is 8.93. The van der Waals surface area contributed by atoms with Gasteiger partial charge in [-0.05, 0) is 51.0 Å². The third kappa shape index (κ3) is 3.31. The molecule has 3 N–H and O–H groups in total. The van der Waals surface area contributed by atoms with Crippen molar-refractivity contribution in [2.75, 3.05) is 26.2 Å². The first-order valence-corrected chi connectivity index (χ1v) is 7.66. The average molecular weight is 286 g/mol. The van der Waals surface area contributed by atoms with E-state index in [1.807, 2.05) is 12.1 Å². The number of nitrogens with two attached hydrogens (primary N) is 1. The fourth-order valence-corrected chi connectivity index (χ4v) is 2.84. The Morgan fingerprint density at radius 2 is 2.10 bits per heavy atom. The maximum atomic E-state index is 5.69. The first kappa shape index (κ1) is 14.2. The quantitative estimate of drug-likeness (QED) is 0.820. The Kier molecular flexibility index (Phi) is 4.62. The van der Waals surface area contributed by atoms with Crippen molar-refractivity contribution in [1.29, 1.82) is 0 Å². The summed E-state index contributed by atoms with van der Waals surface area (Å²) in [6, 6.07) is 6.09. The van der Waals surface area contributed by atoms with E-state index < -0.39 is 0 Å². The first-order valence-electron chi connectivity index (χ1n) is 7.66. The minimum Gasteiger partial charge on any atom is -0.493 e. The van der Waals surface area contributed by atoms with E-state index in [1.54, 1.807) is 6.33 Å². The largest absolute Gasteiger partial charge is 0.493 e. The van der Waals surface area contributed by atoms with Crippen LogP contribution in [0.15, 0.2) is 24.5 Å². The molecule has 5 nitrogen and oxygen atoms in total. The van der Waals surface area contributed by atoms with E-state index >= 15 is 0 Å². The van der Waals surface area contributed by atoms with Crippen LogP contribution < -0.4 is 15.8 Å². The molecule has 0 amide bonds. The molecule has 0 aliphatic carbocycles. The predicted octanol–water partition coefficient (Wildman–Crippen LogP) is 1.82. The van der Waals surface area contributed by atoms with Gasteiger partial charge < -0.3 is 15.8 Å². The van der Waals surface area contributed by atoms with Crippen LogP contribution in [0.4, 0.5) is 0 Å². The second-order valence-corrected chi connectivity index (χ2v) is 5.45. The Bertz CT molecular complexity index is 596. The highest BCUT2D eigenvalue weighted by Crippen LogP contribution is 2.30. The molecule has 21 heavy (non-hydrogen) atoms. The zero-order valence-electron chi connectivity index (χ0n) is 12.2. The van der Waals surface area contributed by atoms with E-state index in [0.717, 1.165) is 49.0 Å². The molecular weight excluding hydrogens is 264 g/mol. The van der Waals surface area contributed by atoms with E-state index in [0.29, 0.717) is 19.1 Å². The SMILES string of the molecule is NCCCOc1ccc2c(C3CCNCC3)ncnc2c1. The lowest BCUT2D eigenvalue weighted by molar-refractivity contribution is 0.314. The first-order chi connectivity index (χ1) is 10.4. The van der Waals surface area contributed by atoms with E-state index in [9.17, 15) is 0 Å². The molecule has 0 unspecified atom stereocenters. The Morgan fingerprint density at radius 1 is 1.24 bits per heavy atom. The van der Waals surface area contributed by atoms with Gasteiger partial charge in [0.2, 0.25) is 0 Å². The fraction of sp³-hybridized carbons (Fsp3) is 0.500. The number of nitrogens with one attached hydrogen (secondary N) is 1. The van der Waals surface area contributed by atoms with Crippen molar-refractivity contribution in [1.82, 2.24) is 15.3 Å². The van der Waals surface area contributed by atoms with Crippen molar-refractivity contribution in [2.24, 2.45) is 5.73 Å². The maximum absolute atomic E-state index is 5.69. The van der Waals surface area contributed by atoms with Gasteiger partial charge in [-0.1, -0.05) is 0 Å². The topological polar surface area (TPSA) is 73.1 Å². The summed E-state index contributed by atoms with van der Waals surface area (Å²) < 4.78 is 5.69. The van der Waals surface area contributed by atoms with Gasteiger partial charge in [0.1, 0.15) is 12.1 Å². The molecule has 0 atom stereocenters. The van der Waals surface area contributed by atoms with Crippen LogP contribution in [0, 0.1) is 0 Å². The number of hydrogen-bond donors (Lipinski definition) is 2. The fourth-order valence-electron chi connectivity index (χ4n) is 2.84. The molecule has 1 aliphatic rings. The number of piperidine rings is 1. The summed E-state index contributed by atoms with van der Waals surface area (Å²) in [5.74, 6) is 1.38. The summed E-state index contributed by atoms with van der Waals surface area (Å²) in [7, 11) is 0. The van der Waals surface area contributed by atoms with Gasteiger partial charge in [-0.2, -0.15) is 0 Å². The van der Waals surface area contributed by atoms with Crippen LogP contribution in [0.1, 0.15) is 30.9 Å². The van der Waals surface area contributed by atoms with Gasteiger partial charge in [-0.3, -0.25) is 0 Å². The van der Waals surface area contributed by atoms with Crippen molar-refractivity contribution in [2.45, 2.75) is 25.2 Å². The zero-order valence-corrected chi connectivity index (χ0v) is 12.2. The van der Waals surface area contributed by atoms with Gasteiger partial charge >= 0.3 is 0 Å². The highest BCUT2D eigenvalue weighted by atomic mass is 16.5. The summed E-state index contributed by atoms with van der Waals surface area (Å²) in [6.07, 6.45) is 4.81. The highest BCUT2D eigenvalue weighted by Gasteiger charge is 2.19. The smallest absolute Gasteiger partial charge is 0.121 e. The van der Waals surface area contributed by atoms with Crippen molar-refractivity contribution in [3.63, 3.8) is 0 Å². The van der Waals surface area contributed by atoms with E-state index in [1.165, 1.54) is 5.69 Å². The van der Waals surface area contributed by atoms with E-state index in [-0.39, 0.29) is 0 Å². The number of ether oxygens (including phenoxy) is 1. The number of hydrogen-bond acceptors (Lipinski definition) is 5. The molecule has 0 radical (unpaired) electrons. The molecule has 1 aromatic carbocycles. The molecule has 1 aromatic heterocycles. The van der Waals surface area contributed by atoms with Crippen molar-refractivity contribution >= 4 is 10.9 Å². The van der Waals surface area contributed by atoms with Crippen LogP contribution in [0.25, 0.3) is 10.9 Å². The summed E-state index contributed by atoms with van der Waals surface area (Å²) in [6.45, 7) is 3.43. The van der Waals surface area contributed by atoms with Gasteiger partial charge in [0, 0.05) is 17.4 Å². The maximum Gasteiger partial charge on any atom is 0.121 e. The van der Waals surface area contributed by atoms with Crippen LogP contribution in [0.3, 0.4) is 0 Å². The molecule has 1 fully saturated rings. The second kappa shape index (κ2) is 6.83. The molecule has 0 bridgehead atoms. The van der Waals surface area contributed by atoms with Crippen LogP contribution in [0.2, 0.25) is 0 Å². The lowest BCUT2D eigenvalue weighted by Gasteiger charge is -2.23. The number of rotatable bonds is 5. The summed E-state index contributed by atoms with van der Waals surface area (Å²) >= 11 is 0. The number of aromatic nitrogens is 2. The Morgan fingerprint density at radius 3 is 2.90 bits per heavy atom. The summed E-state index contributed by atoms with van der Waals surface area (Å²) in [5.41, 5.74) is 7.62. The molecule has 1 saturated heterocycles. The van der Waals surface area contributed by atoms with Crippen LogP contribution in [-0.4, -0.2) is 36.2 Å². The Labute approximate surface area is 124 Å². The monoisotopic (exact) mass is 286 g/mol. The average Bonchev–Trinajstić information content (AvgIpc) is 2.55. The number of benzene rings is 1. The Hall–Kier alpha value is -1.72. The zero-order chi connectivity index (χ0) is 14.5. The molecule has 5 heteroatoms. The lowest BCUT2D eigenvalue weighted by atomic mass is 9.92. The number of nitrogens with zero attached hydrogens (tertiary/aromatic N) is 2. The van der Waals surface area contributed by atoms with Gasteiger partial charge in [0.25, 0.3) is 0 Å². The van der Waals surface area contributed by atoms with Crippen molar-refractivity contribution in [3.05, 3.63) is 30.2 Å². The van der Waals surface area contributed by atoms with Gasteiger partial charge in [-0.25, -0.2) is 9.97 Å². The van der Waals surface area contributed by atoms with Gasteiger partial charge in [0.05, 0.1) is 17.8 Å². The molecular formula is C16H22N4O. The van der Waals surface area contributed by atoms with Gasteiger partial charge in [0.15, 0.2) is 0 Å². The normalized spacial score (nSPS) is 16.2. The Balaban J connectivity index is 1.85. The van der Waals surface area contributed by atoms with E-state index in [4.69, 9.17) is 10.5 Å². The predicted molar refractivity (Wildman–Crippen MR) is 83.5 cm³/mol. The van der Waals surface area contributed by atoms with Crippen LogP contribution in [0.5, 0.6) is 5.75 Å². The minimum atomic E-state index is 0.528. The third-order valence-electron chi connectivity index (χ3n) is 3.98. The van der Waals surface area contributed by atoms with Gasteiger partial charge in [-0.15, -0.1) is 0 Å². The molecule has 3 rings (SSSR count). The highest BCUT2D eigenvalue weighted by molar-refractivity contribution is 5.82. The minimum absolute atomic E-state index is 0.528. The summed E-state index contributed by atoms with van der Waals surface area (Å²) in [5, 5.41) is 4.55. The standard InChI is InChI=1S/C16H22N4O/c17-6-1-9-21-13-2-3-14-15(10-13)19-11-20-16(14)12-4-7-18-8-5-12/h2-3,10-12,18H,1,4-9,17H2. The lowest BCUT2D eigenvalue weighted by Crippen LogP contribution is -2.27. The van der Waals surface area contributed by atoms with Crippen LogP contribution in [-0.2, 0) is 0 Å². The molecule has 1 aliphatic heterocycles. The molecule has 2 heterocycles. The molecule has 0 saturated carbocycles. The van der Waals surface area contributed by atoms with Crippen LogP contribution >= 0.6 is 0 Å². The van der Waals surface area contributed by atoms with Crippen molar-refractivity contribution in [3.8, 4) is 5.75 Å². The molecule has 2 aromatic rings.